The Hall–Kier alpha value is -1.90. The van der Waals surface area contributed by atoms with E-state index in [1.807, 2.05) is 0 Å². The first-order valence-corrected chi connectivity index (χ1v) is 11.5. The van der Waals surface area contributed by atoms with Crippen LogP contribution in [0.1, 0.15) is 104 Å². The van der Waals surface area contributed by atoms with Gasteiger partial charge in [0.2, 0.25) is 0 Å². The molecule has 0 fully saturated rings. The summed E-state index contributed by atoms with van der Waals surface area (Å²) in [5.41, 5.74) is 0. The lowest BCUT2D eigenvalue weighted by Crippen LogP contribution is -1.93. The molecule has 0 saturated heterocycles. The van der Waals surface area contributed by atoms with Gasteiger partial charge in [0.15, 0.2) is 0 Å². The second kappa shape index (κ2) is 28.3. The summed E-state index contributed by atoms with van der Waals surface area (Å²) < 4.78 is 0. The number of carboxylic acids is 1. The molecule has 166 valence electrons. The summed E-state index contributed by atoms with van der Waals surface area (Å²) >= 11 is 0. The van der Waals surface area contributed by atoms with Crippen molar-refractivity contribution in [3.63, 3.8) is 0 Å². The maximum Gasteiger partial charge on any atom is 0.303 e. The summed E-state index contributed by atoms with van der Waals surface area (Å²) in [5.74, 6) is -0.686. The van der Waals surface area contributed by atoms with Gasteiger partial charge >= 0.3 is 5.97 Å². The van der Waals surface area contributed by atoms with Crippen LogP contribution in [0.3, 0.4) is 0 Å². The Morgan fingerprint density at radius 2 is 1.07 bits per heavy atom. The van der Waals surface area contributed by atoms with Gasteiger partial charge in [-0.05, 0) is 44.9 Å². The second-order valence-corrected chi connectivity index (χ2v) is 7.09. The smallest absolute Gasteiger partial charge is 0.303 e. The van der Waals surface area contributed by atoms with Crippen molar-refractivity contribution in [2.45, 2.75) is 104 Å². The summed E-state index contributed by atoms with van der Waals surface area (Å²) in [7, 11) is 0. The van der Waals surface area contributed by atoms with Crippen LogP contribution in [0.2, 0.25) is 0 Å². The highest BCUT2D eigenvalue weighted by Crippen LogP contribution is 2.04. The minimum atomic E-state index is -0.686. The largest absolute Gasteiger partial charge is 0.481 e. The predicted octanol–water partition coefficient (Wildman–Crippen LogP) is 7.98. The van der Waals surface area contributed by atoms with E-state index in [1.54, 1.807) is 0 Å². The molecule has 0 aromatic heterocycles. The van der Waals surface area contributed by atoms with Crippen molar-refractivity contribution < 1.29 is 14.7 Å². The van der Waals surface area contributed by atoms with E-state index in [-0.39, 0.29) is 0 Å². The molecule has 1 N–H and O–H groups in total. The fourth-order valence-corrected chi connectivity index (χ4v) is 2.38. The van der Waals surface area contributed by atoms with E-state index in [0.717, 1.165) is 44.8 Å². The maximum atomic E-state index is 10.2. The van der Waals surface area contributed by atoms with Crippen LogP contribution in [-0.2, 0) is 9.59 Å². The number of allylic oxidation sites excluding steroid dienone is 8. The molecule has 0 aromatic rings. The molecule has 0 aliphatic rings. The van der Waals surface area contributed by atoms with Crippen molar-refractivity contribution in [3.05, 3.63) is 48.6 Å². The molecular weight excluding hydrogens is 360 g/mol. The van der Waals surface area contributed by atoms with Crippen LogP contribution in [0.5, 0.6) is 0 Å². The van der Waals surface area contributed by atoms with Gasteiger partial charge in [0.25, 0.3) is 0 Å². The van der Waals surface area contributed by atoms with E-state index in [1.165, 1.54) is 38.5 Å². The standard InChI is InChI=1S/C14H24O2.C12H20O/c1-2-3-4-5-6-7-8-9-10-11-12-13-14(15)16;1-2-3-4-5-6-7-8-9-10-11-12-13/h5-8H,2-4,9-13H2,1H3,(H,15,16);5-8,12H,2-4,9-11H2,1H3/b6-5-,8-7-;6-5+,8-7-. The van der Waals surface area contributed by atoms with Crippen LogP contribution in [0.25, 0.3) is 0 Å². The molecule has 0 unspecified atom stereocenters. The van der Waals surface area contributed by atoms with Crippen molar-refractivity contribution in [3.8, 4) is 0 Å². The highest BCUT2D eigenvalue weighted by Gasteiger charge is 1.94. The Morgan fingerprint density at radius 1 is 0.621 bits per heavy atom. The van der Waals surface area contributed by atoms with Crippen molar-refractivity contribution in [2.24, 2.45) is 0 Å². The van der Waals surface area contributed by atoms with E-state index < -0.39 is 5.97 Å². The zero-order valence-electron chi connectivity index (χ0n) is 18.9. The van der Waals surface area contributed by atoms with E-state index >= 15 is 0 Å². The number of aliphatic carboxylic acids is 1. The van der Waals surface area contributed by atoms with Crippen molar-refractivity contribution in [1.82, 2.24) is 0 Å². The monoisotopic (exact) mass is 404 g/mol. The third kappa shape index (κ3) is 34.0. The first-order valence-electron chi connectivity index (χ1n) is 11.5. The van der Waals surface area contributed by atoms with Gasteiger partial charge in [-0.3, -0.25) is 4.79 Å². The molecule has 0 atom stereocenters. The van der Waals surface area contributed by atoms with E-state index in [4.69, 9.17) is 5.11 Å². The van der Waals surface area contributed by atoms with Gasteiger partial charge in [0.1, 0.15) is 6.29 Å². The Bertz CT molecular complexity index is 459. The zero-order valence-corrected chi connectivity index (χ0v) is 18.9. The van der Waals surface area contributed by atoms with Gasteiger partial charge in [0, 0.05) is 12.8 Å². The highest BCUT2D eigenvalue weighted by atomic mass is 16.4. The topological polar surface area (TPSA) is 54.4 Å². The zero-order chi connectivity index (χ0) is 21.8. The molecule has 0 bridgehead atoms. The number of carbonyl (C=O) groups is 2. The molecule has 0 spiro atoms. The maximum absolute atomic E-state index is 10.2. The molecule has 3 heteroatoms. The second-order valence-electron chi connectivity index (χ2n) is 7.09. The molecule has 0 aliphatic carbocycles. The molecule has 0 aromatic carbocycles. The summed E-state index contributed by atoms with van der Waals surface area (Å²) in [6.45, 7) is 4.39. The average molecular weight is 405 g/mol. The fraction of sp³-hybridized carbons (Fsp3) is 0.615. The number of carboxylic acid groups (broad SMARTS) is 1. The van der Waals surface area contributed by atoms with Gasteiger partial charge in [0.05, 0.1) is 0 Å². The number of unbranched alkanes of at least 4 members (excludes halogenated alkanes) is 9. The summed E-state index contributed by atoms with van der Waals surface area (Å²) in [6, 6.07) is 0. The number of rotatable bonds is 18. The Labute approximate surface area is 179 Å². The molecular formula is C26H44O3. The number of hydrogen-bond acceptors (Lipinski definition) is 2. The number of hydrogen-bond donors (Lipinski definition) is 1. The Morgan fingerprint density at radius 3 is 1.48 bits per heavy atom. The average Bonchev–Trinajstić information content (AvgIpc) is 2.71. The number of carbonyl (C=O) groups excluding carboxylic acids is 1. The molecule has 0 rings (SSSR count). The quantitative estimate of drug-likeness (QED) is 0.143. The summed E-state index contributed by atoms with van der Waals surface area (Å²) in [6.07, 6.45) is 32.3. The number of aldehydes is 1. The minimum Gasteiger partial charge on any atom is -0.481 e. The Kier molecular flexibility index (Phi) is 28.6. The third-order valence-corrected chi connectivity index (χ3v) is 4.17. The molecule has 0 amide bonds. The van der Waals surface area contributed by atoms with E-state index in [2.05, 4.69) is 62.5 Å². The highest BCUT2D eigenvalue weighted by molar-refractivity contribution is 5.66. The van der Waals surface area contributed by atoms with E-state index in [0.29, 0.717) is 12.8 Å². The molecule has 0 aliphatic heterocycles. The van der Waals surface area contributed by atoms with Gasteiger partial charge in [-0.1, -0.05) is 94.6 Å². The summed E-state index contributed by atoms with van der Waals surface area (Å²) in [4.78, 5) is 20.2. The van der Waals surface area contributed by atoms with Crippen LogP contribution < -0.4 is 0 Å². The lowest BCUT2D eigenvalue weighted by molar-refractivity contribution is -0.137. The van der Waals surface area contributed by atoms with Crippen LogP contribution >= 0.6 is 0 Å². The Balaban J connectivity index is 0. The molecule has 29 heavy (non-hydrogen) atoms. The van der Waals surface area contributed by atoms with Gasteiger partial charge < -0.3 is 9.90 Å². The van der Waals surface area contributed by atoms with Crippen LogP contribution in [-0.4, -0.2) is 17.4 Å². The van der Waals surface area contributed by atoms with Crippen LogP contribution in [0.15, 0.2) is 48.6 Å². The van der Waals surface area contributed by atoms with Crippen LogP contribution in [0, 0.1) is 0 Å². The minimum absolute atomic E-state index is 0.306. The molecule has 0 saturated carbocycles. The molecule has 0 heterocycles. The van der Waals surface area contributed by atoms with Crippen molar-refractivity contribution in [2.75, 3.05) is 0 Å². The van der Waals surface area contributed by atoms with Gasteiger partial charge in [-0.25, -0.2) is 0 Å². The van der Waals surface area contributed by atoms with Gasteiger partial charge in [-0.2, -0.15) is 0 Å². The van der Waals surface area contributed by atoms with E-state index in [9.17, 15) is 9.59 Å². The fourth-order valence-electron chi connectivity index (χ4n) is 2.38. The van der Waals surface area contributed by atoms with Crippen molar-refractivity contribution >= 4 is 12.3 Å². The first kappa shape index (κ1) is 29.3. The molecule has 3 nitrogen and oxygen atoms in total. The van der Waals surface area contributed by atoms with Crippen molar-refractivity contribution in [1.29, 1.82) is 0 Å². The summed E-state index contributed by atoms with van der Waals surface area (Å²) in [5, 5.41) is 8.43. The normalized spacial score (nSPS) is 11.5. The SMILES string of the molecule is CCCC/C=C/C=C\CCCC=O.CCCC/C=C\C=C/CCCCCC(=O)O. The lowest BCUT2D eigenvalue weighted by Gasteiger charge is -1.94. The predicted molar refractivity (Wildman–Crippen MR) is 126 cm³/mol. The van der Waals surface area contributed by atoms with Gasteiger partial charge in [-0.15, -0.1) is 0 Å². The molecule has 0 radical (unpaired) electrons. The van der Waals surface area contributed by atoms with Crippen LogP contribution in [0.4, 0.5) is 0 Å². The third-order valence-electron chi connectivity index (χ3n) is 4.17. The lowest BCUT2D eigenvalue weighted by atomic mass is 10.1. The first-order chi connectivity index (χ1) is 14.2.